The van der Waals surface area contributed by atoms with E-state index in [1.165, 1.54) is 0 Å². The Labute approximate surface area is 113 Å². The monoisotopic (exact) mass is 290 g/mol. The average molecular weight is 290 g/mol. The molecule has 2 N–H and O–H groups in total. The van der Waals surface area contributed by atoms with Crippen molar-refractivity contribution in [3.8, 4) is 6.07 Å². The van der Waals surface area contributed by atoms with E-state index in [1.807, 2.05) is 6.07 Å². The lowest BCUT2D eigenvalue weighted by Crippen LogP contribution is -2.24. The quantitative estimate of drug-likeness (QED) is 0.790. The van der Waals surface area contributed by atoms with Crippen molar-refractivity contribution >= 4 is 11.8 Å². The number of aliphatic hydroxyl groups excluding tert-OH is 1. The summed E-state index contributed by atoms with van der Waals surface area (Å²) >= 11 is -0.0942. The van der Waals surface area contributed by atoms with Crippen LogP contribution in [-0.4, -0.2) is 29.5 Å². The van der Waals surface area contributed by atoms with Gasteiger partial charge in [-0.3, -0.25) is 0 Å². The molecule has 0 aliphatic rings. The highest BCUT2D eigenvalue weighted by atomic mass is 32.2. The Bertz CT molecular complexity index is 428. The fourth-order valence-corrected chi connectivity index (χ4v) is 1.85. The van der Waals surface area contributed by atoms with Gasteiger partial charge in [0.15, 0.2) is 0 Å². The molecule has 104 valence electrons. The van der Waals surface area contributed by atoms with Crippen LogP contribution in [0.3, 0.4) is 0 Å². The molecule has 0 fully saturated rings. The fourth-order valence-electron chi connectivity index (χ4n) is 1.38. The topological polar surface area (TPSA) is 56.0 Å². The zero-order valence-corrected chi connectivity index (χ0v) is 10.8. The van der Waals surface area contributed by atoms with Crippen LogP contribution in [0.4, 0.5) is 13.2 Å². The molecule has 7 heteroatoms. The zero-order chi connectivity index (χ0) is 14.3. The molecule has 1 unspecified atom stereocenters. The number of rotatable bonds is 6. The Hall–Kier alpha value is -1.23. The summed E-state index contributed by atoms with van der Waals surface area (Å²) < 4.78 is 35.5. The van der Waals surface area contributed by atoms with Crippen LogP contribution in [0.1, 0.15) is 17.2 Å². The third-order valence-electron chi connectivity index (χ3n) is 2.31. The van der Waals surface area contributed by atoms with Gasteiger partial charge in [0, 0.05) is 18.8 Å². The molecule has 0 amide bonds. The first-order valence-corrected chi connectivity index (χ1v) is 6.50. The molecule has 0 aliphatic carbocycles. The normalized spacial score (nSPS) is 13.0. The first-order valence-electron chi connectivity index (χ1n) is 5.52. The molecule has 1 aromatic carbocycles. The molecular weight excluding hydrogens is 277 g/mol. The van der Waals surface area contributed by atoms with Gasteiger partial charge in [-0.1, -0.05) is 12.1 Å². The number of alkyl halides is 3. The number of halogens is 3. The van der Waals surface area contributed by atoms with Crippen molar-refractivity contribution in [2.45, 2.75) is 11.6 Å². The number of nitrogens with one attached hydrogen (secondary N) is 1. The molecule has 3 nitrogen and oxygen atoms in total. The standard InChI is InChI=1S/C12H13F3N2OS/c13-12(14,15)19-6-5-17-8-11(18)10-3-1-9(7-16)2-4-10/h1-4,11,17-18H,5-6,8H2. The Morgan fingerprint density at radius 1 is 1.32 bits per heavy atom. The van der Waals surface area contributed by atoms with Crippen LogP contribution in [0.5, 0.6) is 0 Å². The molecule has 19 heavy (non-hydrogen) atoms. The number of nitrogens with zero attached hydrogens (tertiary/aromatic N) is 1. The Morgan fingerprint density at radius 2 is 1.95 bits per heavy atom. The second-order valence-electron chi connectivity index (χ2n) is 3.75. The third kappa shape index (κ3) is 6.47. The van der Waals surface area contributed by atoms with Crippen molar-refractivity contribution in [1.82, 2.24) is 5.32 Å². The first kappa shape index (κ1) is 15.8. The lowest BCUT2D eigenvalue weighted by molar-refractivity contribution is -0.0327. The molecule has 0 saturated carbocycles. The molecule has 1 aromatic rings. The van der Waals surface area contributed by atoms with Crippen molar-refractivity contribution in [3.05, 3.63) is 35.4 Å². The average Bonchev–Trinajstić information content (AvgIpc) is 2.37. The Balaban J connectivity index is 2.27. The maximum Gasteiger partial charge on any atom is 0.441 e. The summed E-state index contributed by atoms with van der Waals surface area (Å²) in [6.45, 7) is 0.335. The van der Waals surface area contributed by atoms with Crippen LogP contribution in [0, 0.1) is 11.3 Å². The van der Waals surface area contributed by atoms with Crippen molar-refractivity contribution in [1.29, 1.82) is 5.26 Å². The molecule has 1 atom stereocenters. The van der Waals surface area contributed by atoms with Gasteiger partial charge in [0.05, 0.1) is 17.7 Å². The van der Waals surface area contributed by atoms with Gasteiger partial charge in [0.25, 0.3) is 0 Å². The summed E-state index contributed by atoms with van der Waals surface area (Å²) in [6.07, 6.45) is -0.802. The van der Waals surface area contributed by atoms with Gasteiger partial charge in [0.2, 0.25) is 0 Å². The maximum atomic E-state index is 11.8. The van der Waals surface area contributed by atoms with E-state index >= 15 is 0 Å². The van der Waals surface area contributed by atoms with Crippen molar-refractivity contribution in [2.75, 3.05) is 18.8 Å². The number of benzene rings is 1. The minimum absolute atomic E-state index is 0.0937. The van der Waals surface area contributed by atoms with Crippen LogP contribution in [-0.2, 0) is 0 Å². The predicted octanol–water partition coefficient (Wildman–Crippen LogP) is 2.43. The summed E-state index contributed by atoms with van der Waals surface area (Å²) in [5, 5.41) is 21.1. The molecule has 0 aliphatic heterocycles. The van der Waals surface area contributed by atoms with E-state index in [0.717, 1.165) is 0 Å². The first-order chi connectivity index (χ1) is 8.92. The van der Waals surface area contributed by atoms with Crippen LogP contribution in [0.15, 0.2) is 24.3 Å². The summed E-state index contributed by atoms with van der Waals surface area (Å²) in [4.78, 5) is 0. The van der Waals surface area contributed by atoms with E-state index < -0.39 is 11.6 Å². The molecule has 0 aromatic heterocycles. The lowest BCUT2D eigenvalue weighted by atomic mass is 10.1. The number of hydrogen-bond donors (Lipinski definition) is 2. The maximum absolute atomic E-state index is 11.8. The zero-order valence-electron chi connectivity index (χ0n) is 9.94. The van der Waals surface area contributed by atoms with E-state index in [0.29, 0.717) is 11.1 Å². The van der Waals surface area contributed by atoms with Gasteiger partial charge in [-0.25, -0.2) is 0 Å². The predicted molar refractivity (Wildman–Crippen MR) is 67.5 cm³/mol. The molecule has 0 bridgehead atoms. The second-order valence-corrected chi connectivity index (χ2v) is 4.91. The number of hydrogen-bond acceptors (Lipinski definition) is 4. The summed E-state index contributed by atoms with van der Waals surface area (Å²) in [6, 6.07) is 8.36. The number of nitriles is 1. The van der Waals surface area contributed by atoms with Crippen LogP contribution >= 0.6 is 11.8 Å². The molecule has 0 spiro atoms. The van der Waals surface area contributed by atoms with E-state index in [9.17, 15) is 18.3 Å². The molecule has 0 radical (unpaired) electrons. The Kier molecular flexibility index (Phi) is 6.15. The summed E-state index contributed by atoms with van der Waals surface area (Å²) in [5.74, 6) is -0.0937. The van der Waals surface area contributed by atoms with Crippen molar-refractivity contribution in [3.63, 3.8) is 0 Å². The number of thioether (sulfide) groups is 1. The van der Waals surface area contributed by atoms with Gasteiger partial charge in [-0.15, -0.1) is 0 Å². The van der Waals surface area contributed by atoms with Crippen LogP contribution in [0.2, 0.25) is 0 Å². The molecular formula is C12H13F3N2OS. The van der Waals surface area contributed by atoms with E-state index in [1.54, 1.807) is 24.3 Å². The van der Waals surface area contributed by atoms with Gasteiger partial charge < -0.3 is 10.4 Å². The highest BCUT2D eigenvalue weighted by molar-refractivity contribution is 8.00. The molecule has 1 rings (SSSR count). The van der Waals surface area contributed by atoms with Gasteiger partial charge in [-0.2, -0.15) is 18.4 Å². The highest BCUT2D eigenvalue weighted by Gasteiger charge is 2.27. The lowest BCUT2D eigenvalue weighted by Gasteiger charge is -2.12. The molecule has 0 heterocycles. The summed E-state index contributed by atoms with van der Waals surface area (Å²) in [5.41, 5.74) is -3.10. The van der Waals surface area contributed by atoms with Gasteiger partial charge >= 0.3 is 5.51 Å². The van der Waals surface area contributed by atoms with Crippen LogP contribution < -0.4 is 5.32 Å². The van der Waals surface area contributed by atoms with E-state index in [2.05, 4.69) is 5.32 Å². The van der Waals surface area contributed by atoms with Crippen molar-refractivity contribution in [2.24, 2.45) is 0 Å². The van der Waals surface area contributed by atoms with Crippen LogP contribution in [0.25, 0.3) is 0 Å². The SMILES string of the molecule is N#Cc1ccc(C(O)CNCCSC(F)(F)F)cc1. The second kappa shape index (κ2) is 7.38. The summed E-state index contributed by atoms with van der Waals surface area (Å²) in [7, 11) is 0. The molecule has 0 saturated heterocycles. The Morgan fingerprint density at radius 3 is 2.47 bits per heavy atom. The van der Waals surface area contributed by atoms with E-state index in [-0.39, 0.29) is 30.6 Å². The van der Waals surface area contributed by atoms with Crippen molar-refractivity contribution < 1.29 is 18.3 Å². The largest absolute Gasteiger partial charge is 0.441 e. The minimum atomic E-state index is -4.21. The van der Waals surface area contributed by atoms with E-state index in [4.69, 9.17) is 5.26 Å². The van der Waals surface area contributed by atoms with Gasteiger partial charge in [-0.05, 0) is 29.5 Å². The smallest absolute Gasteiger partial charge is 0.387 e. The minimum Gasteiger partial charge on any atom is -0.387 e. The fraction of sp³-hybridized carbons (Fsp3) is 0.417. The van der Waals surface area contributed by atoms with Gasteiger partial charge in [0.1, 0.15) is 0 Å². The number of aliphatic hydroxyl groups is 1. The highest BCUT2D eigenvalue weighted by Crippen LogP contribution is 2.29. The third-order valence-corrected chi connectivity index (χ3v) is 3.04.